The van der Waals surface area contributed by atoms with E-state index in [4.69, 9.17) is 0 Å². The Morgan fingerprint density at radius 3 is 2.18 bits per heavy atom. The Balaban J connectivity index is 1.77. The van der Waals surface area contributed by atoms with E-state index in [1.807, 2.05) is 35.1 Å². The molecule has 0 fully saturated rings. The van der Waals surface area contributed by atoms with Crippen LogP contribution in [0.3, 0.4) is 0 Å². The normalized spacial score (nSPS) is 11.9. The maximum atomic E-state index is 13.3. The van der Waals surface area contributed by atoms with E-state index >= 15 is 0 Å². The van der Waals surface area contributed by atoms with Crippen LogP contribution in [0.1, 0.15) is 37.9 Å². The molecule has 13 heteroatoms. The molecule has 0 aliphatic carbocycles. The molecule has 2 amide bonds. The van der Waals surface area contributed by atoms with Gasteiger partial charge in [0, 0.05) is 31.8 Å². The van der Waals surface area contributed by atoms with Crippen molar-refractivity contribution in [3.05, 3.63) is 81.3 Å². The second-order valence-corrected chi connectivity index (χ2v) is 14.4. The fraction of sp³-hybridized carbons (Fsp3) is 0.346. The van der Waals surface area contributed by atoms with Crippen molar-refractivity contribution in [2.45, 2.75) is 37.6 Å². The minimum Gasteiger partial charge on any atom is -0.336 e. The lowest BCUT2D eigenvalue weighted by atomic mass is 10.1. The molecule has 0 unspecified atom stereocenters. The van der Waals surface area contributed by atoms with Gasteiger partial charge in [-0.25, -0.2) is 18.1 Å². The molecule has 0 saturated heterocycles. The fourth-order valence-corrected chi connectivity index (χ4v) is 5.79. The van der Waals surface area contributed by atoms with Gasteiger partial charge in [-0.05, 0) is 43.0 Å². The molecule has 0 bridgehead atoms. The first-order valence-electron chi connectivity index (χ1n) is 12.1. The van der Waals surface area contributed by atoms with Crippen molar-refractivity contribution in [3.8, 4) is 0 Å². The SMILES string of the molecule is Cc1sc(CN(CCCc2ccccc2)C(=O)Cc2ccc(S(C)(=O)=O)cc2)nc1C(=O)NS(=O)(=O)N(C)C. The first-order chi connectivity index (χ1) is 18.3. The summed E-state index contributed by atoms with van der Waals surface area (Å²) in [6, 6.07) is 16.1. The Hall–Kier alpha value is -3.13. The van der Waals surface area contributed by atoms with E-state index in [-0.39, 0.29) is 29.5 Å². The van der Waals surface area contributed by atoms with Gasteiger partial charge in [-0.2, -0.15) is 12.7 Å². The molecule has 0 radical (unpaired) electrons. The molecule has 0 spiro atoms. The molecular formula is C26H32N4O6S3. The van der Waals surface area contributed by atoms with Gasteiger partial charge in [0.25, 0.3) is 5.91 Å². The maximum Gasteiger partial charge on any atom is 0.303 e. The van der Waals surface area contributed by atoms with Crippen molar-refractivity contribution in [2.75, 3.05) is 26.9 Å². The van der Waals surface area contributed by atoms with Gasteiger partial charge < -0.3 is 4.90 Å². The first kappa shape index (κ1) is 30.4. The average Bonchev–Trinajstić information content (AvgIpc) is 3.23. The number of carbonyl (C=O) groups is 2. The van der Waals surface area contributed by atoms with E-state index in [1.54, 1.807) is 24.0 Å². The molecule has 0 aliphatic rings. The van der Waals surface area contributed by atoms with E-state index in [9.17, 15) is 26.4 Å². The predicted molar refractivity (Wildman–Crippen MR) is 150 cm³/mol. The van der Waals surface area contributed by atoms with Crippen molar-refractivity contribution in [1.82, 2.24) is 18.9 Å². The molecule has 3 aromatic rings. The number of thiazole rings is 1. The summed E-state index contributed by atoms with van der Waals surface area (Å²) < 4.78 is 50.5. The highest BCUT2D eigenvalue weighted by atomic mass is 32.2. The number of hydrogen-bond acceptors (Lipinski definition) is 8. The number of nitrogens with zero attached hydrogens (tertiary/aromatic N) is 3. The molecule has 0 saturated carbocycles. The van der Waals surface area contributed by atoms with Gasteiger partial charge in [0.2, 0.25) is 5.91 Å². The average molecular weight is 593 g/mol. The predicted octanol–water partition coefficient (Wildman–Crippen LogP) is 2.60. The minimum atomic E-state index is -3.98. The van der Waals surface area contributed by atoms with Gasteiger partial charge in [0.05, 0.1) is 17.9 Å². The van der Waals surface area contributed by atoms with Crippen LogP contribution in [0.5, 0.6) is 0 Å². The number of sulfone groups is 1. The quantitative estimate of drug-likeness (QED) is 0.342. The van der Waals surface area contributed by atoms with Crippen LogP contribution in [-0.2, 0) is 44.2 Å². The lowest BCUT2D eigenvalue weighted by Gasteiger charge is -2.22. The lowest BCUT2D eigenvalue weighted by molar-refractivity contribution is -0.131. The fourth-order valence-electron chi connectivity index (χ4n) is 3.70. The second kappa shape index (κ2) is 12.8. The second-order valence-electron chi connectivity index (χ2n) is 9.23. The van der Waals surface area contributed by atoms with Gasteiger partial charge in [0.1, 0.15) is 10.7 Å². The number of rotatable bonds is 12. The topological polar surface area (TPSA) is 134 Å². The number of carbonyl (C=O) groups excluding carboxylic acids is 2. The number of hydrogen-bond donors (Lipinski definition) is 1. The molecule has 10 nitrogen and oxygen atoms in total. The summed E-state index contributed by atoms with van der Waals surface area (Å²) in [5, 5.41) is 0.500. The Morgan fingerprint density at radius 2 is 1.59 bits per heavy atom. The molecule has 3 rings (SSSR count). The van der Waals surface area contributed by atoms with E-state index in [0.29, 0.717) is 28.4 Å². The number of aryl methyl sites for hydroxylation is 2. The molecule has 2 aromatic carbocycles. The van der Waals surface area contributed by atoms with Crippen LogP contribution < -0.4 is 4.72 Å². The van der Waals surface area contributed by atoms with Crippen molar-refractivity contribution >= 4 is 43.2 Å². The molecule has 1 aromatic heterocycles. The van der Waals surface area contributed by atoms with E-state index in [2.05, 4.69) is 4.98 Å². The summed E-state index contributed by atoms with van der Waals surface area (Å²) in [5.41, 5.74) is 1.81. The number of nitrogens with one attached hydrogen (secondary N) is 1. The highest BCUT2D eigenvalue weighted by Crippen LogP contribution is 2.21. The van der Waals surface area contributed by atoms with Crippen LogP contribution >= 0.6 is 11.3 Å². The van der Waals surface area contributed by atoms with E-state index < -0.39 is 26.0 Å². The zero-order chi connectivity index (χ0) is 28.8. The van der Waals surface area contributed by atoms with Crippen LogP contribution in [0.2, 0.25) is 0 Å². The van der Waals surface area contributed by atoms with Gasteiger partial charge in [-0.15, -0.1) is 11.3 Å². The zero-order valence-electron chi connectivity index (χ0n) is 22.2. The summed E-state index contributed by atoms with van der Waals surface area (Å²) in [6.07, 6.45) is 2.65. The Labute approximate surface area is 233 Å². The third-order valence-electron chi connectivity index (χ3n) is 5.88. The van der Waals surface area contributed by atoms with E-state index in [0.717, 1.165) is 22.5 Å². The van der Waals surface area contributed by atoms with Crippen LogP contribution in [0.25, 0.3) is 0 Å². The minimum absolute atomic E-state index is 0.00604. The van der Waals surface area contributed by atoms with Crippen molar-refractivity contribution < 1.29 is 26.4 Å². The van der Waals surface area contributed by atoms with Crippen LogP contribution in [0, 0.1) is 6.92 Å². The van der Waals surface area contributed by atoms with Crippen LogP contribution in [0.15, 0.2) is 59.5 Å². The van der Waals surface area contributed by atoms with Gasteiger partial charge in [-0.1, -0.05) is 42.5 Å². The summed E-state index contributed by atoms with van der Waals surface area (Å²) in [4.78, 5) is 32.7. The molecule has 0 aliphatic heterocycles. The molecule has 39 heavy (non-hydrogen) atoms. The van der Waals surface area contributed by atoms with Gasteiger partial charge in [-0.3, -0.25) is 9.59 Å². The maximum absolute atomic E-state index is 13.3. The Kier molecular flexibility index (Phi) is 9.99. The number of aromatic nitrogens is 1. The standard InChI is InChI=1S/C26H32N4O6S3/c1-19-25(26(32)28-39(35,36)29(2)3)27-23(37-19)18-30(16-8-11-20-9-6-5-7-10-20)24(31)17-21-12-14-22(15-13-21)38(4,33)34/h5-7,9-10,12-15H,8,11,16-18H2,1-4H3,(H,28,32). The lowest BCUT2D eigenvalue weighted by Crippen LogP contribution is -2.39. The molecular weight excluding hydrogens is 561 g/mol. The van der Waals surface area contributed by atoms with Crippen molar-refractivity contribution in [1.29, 1.82) is 0 Å². The summed E-state index contributed by atoms with van der Waals surface area (Å²) in [6.45, 7) is 2.25. The van der Waals surface area contributed by atoms with Crippen LogP contribution in [-0.4, -0.2) is 69.7 Å². The first-order valence-corrected chi connectivity index (χ1v) is 16.2. The number of amides is 2. The molecule has 1 heterocycles. The van der Waals surface area contributed by atoms with E-state index in [1.165, 1.54) is 37.6 Å². The summed E-state index contributed by atoms with van der Waals surface area (Å²) in [5.74, 6) is -1.01. The summed E-state index contributed by atoms with van der Waals surface area (Å²) >= 11 is 1.22. The molecule has 0 atom stereocenters. The van der Waals surface area contributed by atoms with Crippen LogP contribution in [0.4, 0.5) is 0 Å². The smallest absolute Gasteiger partial charge is 0.303 e. The Bertz CT molecular complexity index is 1520. The zero-order valence-corrected chi connectivity index (χ0v) is 24.7. The third-order valence-corrected chi connectivity index (χ3v) is 9.37. The monoisotopic (exact) mass is 592 g/mol. The Morgan fingerprint density at radius 1 is 0.949 bits per heavy atom. The summed E-state index contributed by atoms with van der Waals surface area (Å²) in [7, 11) is -4.71. The van der Waals surface area contributed by atoms with Crippen molar-refractivity contribution in [3.63, 3.8) is 0 Å². The van der Waals surface area contributed by atoms with Gasteiger partial charge in [0.15, 0.2) is 9.84 Å². The van der Waals surface area contributed by atoms with Crippen molar-refractivity contribution in [2.24, 2.45) is 0 Å². The van der Waals surface area contributed by atoms with Gasteiger partial charge >= 0.3 is 10.2 Å². The highest BCUT2D eigenvalue weighted by molar-refractivity contribution is 7.90. The molecule has 1 N–H and O–H groups in total. The number of benzene rings is 2. The largest absolute Gasteiger partial charge is 0.336 e. The third kappa shape index (κ3) is 8.68. The molecule has 210 valence electrons. The highest BCUT2D eigenvalue weighted by Gasteiger charge is 2.24.